The number of morpholine rings is 1. The van der Waals surface area contributed by atoms with Gasteiger partial charge in [0.15, 0.2) is 11.5 Å². The maximum atomic E-state index is 12.8. The Bertz CT molecular complexity index is 1190. The van der Waals surface area contributed by atoms with Crippen LogP contribution in [-0.2, 0) is 4.74 Å². The van der Waals surface area contributed by atoms with Crippen molar-refractivity contribution < 1.29 is 24.1 Å². The Balaban J connectivity index is 1.34. The molecule has 0 aliphatic carbocycles. The van der Waals surface area contributed by atoms with E-state index in [4.69, 9.17) is 19.2 Å². The fourth-order valence-corrected chi connectivity index (χ4v) is 4.94. The largest absolute Gasteiger partial charge is 0.491 e. The van der Waals surface area contributed by atoms with Crippen LogP contribution in [0, 0.1) is 0 Å². The zero-order chi connectivity index (χ0) is 25.9. The Morgan fingerprint density at radius 3 is 2.81 bits per heavy atom. The lowest BCUT2D eigenvalue weighted by molar-refractivity contribution is -0.0787. The van der Waals surface area contributed by atoms with E-state index >= 15 is 0 Å². The summed E-state index contributed by atoms with van der Waals surface area (Å²) in [5, 5.41) is 13.5. The molecule has 1 amide bonds. The number of amides is 1. The van der Waals surface area contributed by atoms with Gasteiger partial charge >= 0.3 is 0 Å². The van der Waals surface area contributed by atoms with Gasteiger partial charge in [0.25, 0.3) is 5.91 Å². The third kappa shape index (κ3) is 5.43. The van der Waals surface area contributed by atoms with Gasteiger partial charge in [-0.15, -0.1) is 0 Å². The highest BCUT2D eigenvalue weighted by Gasteiger charge is 2.33. The van der Waals surface area contributed by atoms with Crippen molar-refractivity contribution in [1.29, 1.82) is 0 Å². The molecule has 37 heavy (non-hydrogen) atoms. The minimum atomic E-state index is -0.689. The maximum Gasteiger partial charge on any atom is 0.259 e. The van der Waals surface area contributed by atoms with Gasteiger partial charge in [-0.25, -0.2) is 4.99 Å². The van der Waals surface area contributed by atoms with Gasteiger partial charge in [-0.1, -0.05) is 0 Å². The number of hydrogen-bond donors (Lipinski definition) is 2. The van der Waals surface area contributed by atoms with E-state index in [0.29, 0.717) is 54.2 Å². The number of nitrogens with one attached hydrogen (secondary N) is 1. The minimum Gasteiger partial charge on any atom is -0.491 e. The molecule has 196 valence electrons. The van der Waals surface area contributed by atoms with Gasteiger partial charge < -0.3 is 19.3 Å². The second-order valence-electron chi connectivity index (χ2n) is 9.42. The van der Waals surface area contributed by atoms with Crippen molar-refractivity contribution in [2.24, 2.45) is 9.98 Å². The molecule has 1 saturated heterocycles. The number of rotatable bonds is 7. The molecule has 1 aromatic heterocycles. The molecule has 1 aromatic carbocycles. The Kier molecular flexibility index (Phi) is 7.36. The number of methoxy groups -OCH3 is 1. The molecule has 11 heteroatoms. The van der Waals surface area contributed by atoms with Crippen LogP contribution in [0.25, 0.3) is 0 Å². The van der Waals surface area contributed by atoms with Crippen LogP contribution in [0.15, 0.2) is 46.6 Å². The van der Waals surface area contributed by atoms with Crippen molar-refractivity contribution in [3.63, 3.8) is 0 Å². The minimum absolute atomic E-state index is 0.0939. The second-order valence-corrected chi connectivity index (χ2v) is 9.42. The summed E-state index contributed by atoms with van der Waals surface area (Å²) in [5.74, 6) is 1.64. The number of β-amino-alcohol motifs (C(OH)–C–C–N with tert-alkyl or cyclic N) is 1. The SMILES string of the molecule is COc1c(OC[C@@H](O)CN2C[C@@H](C)O[C@@H](C)C2)ccc2c1N=C(NC(=O)c1cccnc1)N1CCN=C21. The summed E-state index contributed by atoms with van der Waals surface area (Å²) < 4.78 is 17.5. The topological polar surface area (TPSA) is 121 Å². The van der Waals surface area contributed by atoms with E-state index < -0.39 is 6.10 Å². The number of carbonyl (C=O) groups is 1. The number of ether oxygens (including phenoxy) is 3. The fraction of sp³-hybridized carbons (Fsp3) is 0.462. The van der Waals surface area contributed by atoms with Gasteiger partial charge in [-0.3, -0.25) is 29.9 Å². The van der Waals surface area contributed by atoms with Crippen LogP contribution < -0.4 is 14.8 Å². The van der Waals surface area contributed by atoms with Crippen molar-refractivity contribution in [1.82, 2.24) is 20.1 Å². The third-order valence-corrected chi connectivity index (χ3v) is 6.40. The van der Waals surface area contributed by atoms with Crippen LogP contribution >= 0.6 is 0 Å². The molecular weight excluding hydrogens is 476 g/mol. The Morgan fingerprint density at radius 1 is 1.27 bits per heavy atom. The normalized spacial score (nSPS) is 21.9. The lowest BCUT2D eigenvalue weighted by Crippen LogP contribution is -2.48. The van der Waals surface area contributed by atoms with Crippen molar-refractivity contribution in [3.05, 3.63) is 47.8 Å². The van der Waals surface area contributed by atoms with E-state index in [9.17, 15) is 9.90 Å². The molecule has 0 radical (unpaired) electrons. The molecule has 2 N–H and O–H groups in total. The summed E-state index contributed by atoms with van der Waals surface area (Å²) in [6, 6.07) is 7.08. The first-order valence-electron chi connectivity index (χ1n) is 12.4. The standard InChI is InChI=1S/C26H32N6O5/c1-16-12-31(13-17(2)37-16)14-19(33)15-36-21-7-6-20-22(23(21)35-3)29-26(32-10-9-28-24(20)32)30-25(34)18-5-4-8-27-11-18/h4-8,11,16-17,19,33H,9-10,12-15H2,1-3H3,(H,29,30,34)/t16-,17+,19-/m0/s1. The predicted octanol–water partition coefficient (Wildman–Crippen LogP) is 1.43. The van der Waals surface area contributed by atoms with Crippen LogP contribution in [0.1, 0.15) is 29.8 Å². The number of benzene rings is 1. The number of aliphatic hydroxyl groups is 1. The Labute approximate surface area is 215 Å². The zero-order valence-corrected chi connectivity index (χ0v) is 21.3. The molecule has 0 unspecified atom stereocenters. The fourth-order valence-electron chi connectivity index (χ4n) is 4.94. The number of aromatic nitrogens is 1. The monoisotopic (exact) mass is 508 g/mol. The molecule has 0 saturated carbocycles. The maximum absolute atomic E-state index is 12.8. The van der Waals surface area contributed by atoms with E-state index in [1.807, 2.05) is 24.8 Å². The molecule has 11 nitrogen and oxygen atoms in total. The highest BCUT2D eigenvalue weighted by atomic mass is 16.5. The number of pyridine rings is 1. The number of aliphatic hydroxyl groups excluding tert-OH is 1. The van der Waals surface area contributed by atoms with Crippen molar-refractivity contribution >= 4 is 23.4 Å². The first-order chi connectivity index (χ1) is 17.9. The molecule has 0 bridgehead atoms. The lowest BCUT2D eigenvalue weighted by atomic mass is 10.1. The Morgan fingerprint density at radius 2 is 2.08 bits per heavy atom. The van der Waals surface area contributed by atoms with Gasteiger partial charge in [-0.05, 0) is 38.1 Å². The van der Waals surface area contributed by atoms with Gasteiger partial charge in [0, 0.05) is 44.1 Å². The average molecular weight is 509 g/mol. The van der Waals surface area contributed by atoms with Crippen LogP contribution in [0.5, 0.6) is 11.5 Å². The van der Waals surface area contributed by atoms with Crippen LogP contribution in [0.2, 0.25) is 0 Å². The van der Waals surface area contributed by atoms with Gasteiger partial charge in [0.2, 0.25) is 5.96 Å². The van der Waals surface area contributed by atoms with Gasteiger partial charge in [0.05, 0.1) is 31.4 Å². The first-order valence-corrected chi connectivity index (χ1v) is 12.4. The molecule has 3 aliphatic rings. The van der Waals surface area contributed by atoms with Gasteiger partial charge in [0.1, 0.15) is 24.2 Å². The van der Waals surface area contributed by atoms with E-state index in [0.717, 1.165) is 18.7 Å². The summed E-state index contributed by atoms with van der Waals surface area (Å²) in [5.41, 5.74) is 1.73. The van der Waals surface area contributed by atoms with E-state index in [1.165, 1.54) is 6.20 Å². The molecule has 2 aromatic rings. The molecule has 5 rings (SSSR count). The molecule has 0 spiro atoms. The van der Waals surface area contributed by atoms with Gasteiger partial charge in [-0.2, -0.15) is 0 Å². The average Bonchev–Trinajstić information content (AvgIpc) is 3.38. The highest BCUT2D eigenvalue weighted by molar-refractivity contribution is 6.20. The molecule has 4 heterocycles. The summed E-state index contributed by atoms with van der Waals surface area (Å²) >= 11 is 0. The van der Waals surface area contributed by atoms with Crippen LogP contribution in [-0.4, -0.2) is 102 Å². The molecule has 3 aliphatic heterocycles. The molecular formula is C26H32N6O5. The molecule has 1 fully saturated rings. The third-order valence-electron chi connectivity index (χ3n) is 6.40. The first kappa shape index (κ1) is 25.1. The zero-order valence-electron chi connectivity index (χ0n) is 21.3. The van der Waals surface area contributed by atoms with Crippen LogP contribution in [0.4, 0.5) is 5.69 Å². The van der Waals surface area contributed by atoms with Crippen molar-refractivity contribution in [2.45, 2.75) is 32.2 Å². The summed E-state index contributed by atoms with van der Waals surface area (Å²) in [7, 11) is 1.54. The number of aliphatic imine (C=N–C) groups is 2. The number of guanidine groups is 1. The molecule has 3 atom stereocenters. The lowest BCUT2D eigenvalue weighted by Gasteiger charge is -2.36. The van der Waals surface area contributed by atoms with E-state index in [1.54, 1.807) is 31.5 Å². The highest BCUT2D eigenvalue weighted by Crippen LogP contribution is 2.43. The predicted molar refractivity (Wildman–Crippen MR) is 138 cm³/mol. The number of hydrogen-bond acceptors (Lipinski definition) is 10. The number of carbonyl (C=O) groups excluding carboxylic acids is 1. The Hall–Kier alpha value is -3.54. The van der Waals surface area contributed by atoms with Crippen molar-refractivity contribution in [3.8, 4) is 11.5 Å². The second kappa shape index (κ2) is 10.8. The van der Waals surface area contributed by atoms with E-state index in [-0.39, 0.29) is 24.7 Å². The summed E-state index contributed by atoms with van der Waals surface area (Å²) in [6.45, 7) is 7.38. The smallest absolute Gasteiger partial charge is 0.259 e. The van der Waals surface area contributed by atoms with Crippen molar-refractivity contribution in [2.75, 3.05) is 46.4 Å². The van der Waals surface area contributed by atoms with Crippen LogP contribution in [0.3, 0.4) is 0 Å². The quantitative estimate of drug-likeness (QED) is 0.576. The number of nitrogens with zero attached hydrogens (tertiary/aromatic N) is 5. The number of fused-ring (bicyclic) bond motifs is 3. The number of amidine groups is 1. The summed E-state index contributed by atoms with van der Waals surface area (Å²) in [6.07, 6.45) is 2.68. The summed E-state index contributed by atoms with van der Waals surface area (Å²) in [4.78, 5) is 30.3. The van der Waals surface area contributed by atoms with E-state index in [2.05, 4.69) is 20.2 Å².